The third-order valence-electron chi connectivity index (χ3n) is 2.32. The summed E-state index contributed by atoms with van der Waals surface area (Å²) >= 11 is 0. The molecule has 0 spiro atoms. The van der Waals surface area contributed by atoms with E-state index in [1.54, 1.807) is 0 Å². The largest absolute Gasteiger partial charge is 0.415 e. The van der Waals surface area contributed by atoms with Crippen molar-refractivity contribution in [3.8, 4) is 0 Å². The van der Waals surface area contributed by atoms with Crippen LogP contribution in [0.3, 0.4) is 0 Å². The van der Waals surface area contributed by atoms with Gasteiger partial charge in [-0.2, -0.15) is 0 Å². The third-order valence-corrected chi connectivity index (χ3v) is 3.36. The van der Waals surface area contributed by atoms with Crippen LogP contribution in [-0.4, -0.2) is 14.4 Å². The second kappa shape index (κ2) is 4.42. The van der Waals surface area contributed by atoms with Crippen molar-refractivity contribution in [2.75, 3.05) is 0 Å². The van der Waals surface area contributed by atoms with Gasteiger partial charge < -0.3 is 4.43 Å². The average molecular weight is 186 g/mol. The van der Waals surface area contributed by atoms with Crippen molar-refractivity contribution in [3.63, 3.8) is 0 Å². The molecule has 0 N–H and O–H groups in total. The maximum Gasteiger partial charge on any atom is 0.184 e. The maximum atomic E-state index is 6.10. The first kappa shape index (κ1) is 10.3. The van der Waals surface area contributed by atoms with Crippen molar-refractivity contribution in [1.29, 1.82) is 0 Å². The molecule has 12 heavy (non-hydrogen) atoms. The molecule has 0 amide bonds. The SMILES string of the molecule is C[Si](C)(C)OC1CCCCCC1. The first-order valence-corrected chi connectivity index (χ1v) is 8.66. The van der Waals surface area contributed by atoms with Crippen LogP contribution in [0, 0.1) is 0 Å². The Morgan fingerprint density at radius 1 is 0.917 bits per heavy atom. The van der Waals surface area contributed by atoms with E-state index >= 15 is 0 Å². The minimum absolute atomic E-state index is 0.596. The van der Waals surface area contributed by atoms with Gasteiger partial charge in [0.2, 0.25) is 0 Å². The van der Waals surface area contributed by atoms with E-state index in [1.807, 2.05) is 0 Å². The molecule has 1 nitrogen and oxygen atoms in total. The van der Waals surface area contributed by atoms with Gasteiger partial charge in [0.1, 0.15) is 0 Å². The zero-order valence-corrected chi connectivity index (χ0v) is 9.73. The fourth-order valence-corrected chi connectivity index (χ4v) is 3.10. The Labute approximate surface area is 77.6 Å². The normalized spacial score (nSPS) is 22.2. The zero-order valence-electron chi connectivity index (χ0n) is 8.73. The Morgan fingerprint density at radius 3 is 1.83 bits per heavy atom. The molecule has 0 unspecified atom stereocenters. The number of hydrogen-bond acceptors (Lipinski definition) is 1. The van der Waals surface area contributed by atoms with E-state index < -0.39 is 8.32 Å². The van der Waals surface area contributed by atoms with Gasteiger partial charge in [-0.3, -0.25) is 0 Å². The van der Waals surface area contributed by atoms with Crippen LogP contribution in [0.5, 0.6) is 0 Å². The predicted octanol–water partition coefficient (Wildman–Crippen LogP) is 3.56. The molecule has 0 aromatic rings. The van der Waals surface area contributed by atoms with E-state index in [1.165, 1.54) is 38.5 Å². The zero-order chi connectivity index (χ0) is 9.03. The van der Waals surface area contributed by atoms with Crippen LogP contribution in [0.15, 0.2) is 0 Å². The van der Waals surface area contributed by atoms with E-state index in [2.05, 4.69) is 19.6 Å². The molecule has 0 radical (unpaired) electrons. The molecular weight excluding hydrogens is 164 g/mol. The lowest BCUT2D eigenvalue weighted by Gasteiger charge is -2.25. The van der Waals surface area contributed by atoms with E-state index in [9.17, 15) is 0 Å². The molecule has 0 atom stereocenters. The minimum atomic E-state index is -1.27. The molecule has 1 fully saturated rings. The molecule has 0 aromatic heterocycles. The highest BCUT2D eigenvalue weighted by molar-refractivity contribution is 6.69. The summed E-state index contributed by atoms with van der Waals surface area (Å²) in [5, 5.41) is 0. The molecule has 1 aliphatic rings. The molecule has 0 heterocycles. The van der Waals surface area contributed by atoms with Crippen molar-refractivity contribution < 1.29 is 4.43 Å². The summed E-state index contributed by atoms with van der Waals surface area (Å²) in [6, 6.07) is 0. The molecule has 0 aliphatic heterocycles. The average Bonchev–Trinajstić information content (AvgIpc) is 2.12. The highest BCUT2D eigenvalue weighted by atomic mass is 28.4. The lowest BCUT2D eigenvalue weighted by atomic mass is 10.2. The van der Waals surface area contributed by atoms with Gasteiger partial charge in [0.25, 0.3) is 0 Å². The number of rotatable bonds is 2. The van der Waals surface area contributed by atoms with Gasteiger partial charge in [-0.25, -0.2) is 0 Å². The Hall–Kier alpha value is 0.177. The molecule has 0 aromatic carbocycles. The minimum Gasteiger partial charge on any atom is -0.415 e. The molecule has 2 heteroatoms. The number of hydrogen-bond donors (Lipinski definition) is 0. The Kier molecular flexibility index (Phi) is 3.78. The van der Waals surface area contributed by atoms with E-state index in [0.717, 1.165) is 0 Å². The summed E-state index contributed by atoms with van der Waals surface area (Å²) in [6.45, 7) is 6.87. The summed E-state index contributed by atoms with van der Waals surface area (Å²) in [6.07, 6.45) is 8.83. The smallest absolute Gasteiger partial charge is 0.184 e. The molecule has 1 saturated carbocycles. The summed E-state index contributed by atoms with van der Waals surface area (Å²) in [4.78, 5) is 0. The van der Waals surface area contributed by atoms with E-state index in [-0.39, 0.29) is 0 Å². The molecule has 72 valence electrons. The van der Waals surface area contributed by atoms with Gasteiger partial charge in [0.05, 0.1) is 0 Å². The highest BCUT2D eigenvalue weighted by Gasteiger charge is 2.21. The van der Waals surface area contributed by atoms with Crippen LogP contribution >= 0.6 is 0 Å². The molecule has 1 rings (SSSR count). The van der Waals surface area contributed by atoms with Crippen molar-refractivity contribution in [1.82, 2.24) is 0 Å². The Morgan fingerprint density at radius 2 is 1.42 bits per heavy atom. The van der Waals surface area contributed by atoms with Crippen molar-refractivity contribution >= 4 is 8.32 Å². The molecular formula is C10H22OSi. The van der Waals surface area contributed by atoms with E-state index in [4.69, 9.17) is 4.43 Å². The van der Waals surface area contributed by atoms with Crippen molar-refractivity contribution in [2.45, 2.75) is 64.3 Å². The first-order valence-electron chi connectivity index (χ1n) is 5.26. The van der Waals surface area contributed by atoms with Gasteiger partial charge in [-0.15, -0.1) is 0 Å². The summed E-state index contributed by atoms with van der Waals surface area (Å²) < 4.78 is 6.10. The lowest BCUT2D eigenvalue weighted by Crippen LogP contribution is -2.31. The van der Waals surface area contributed by atoms with Gasteiger partial charge in [0, 0.05) is 6.10 Å². The Bertz CT molecular complexity index is 120. The highest BCUT2D eigenvalue weighted by Crippen LogP contribution is 2.22. The van der Waals surface area contributed by atoms with Crippen LogP contribution in [0.1, 0.15) is 38.5 Å². The predicted molar refractivity (Wildman–Crippen MR) is 55.9 cm³/mol. The van der Waals surface area contributed by atoms with Crippen LogP contribution in [0.2, 0.25) is 19.6 Å². The fourth-order valence-electron chi connectivity index (χ4n) is 1.86. The summed E-state index contributed by atoms with van der Waals surface area (Å²) in [5.74, 6) is 0. The maximum absolute atomic E-state index is 6.10. The fraction of sp³-hybridized carbons (Fsp3) is 1.00. The van der Waals surface area contributed by atoms with Crippen LogP contribution < -0.4 is 0 Å². The third kappa shape index (κ3) is 4.26. The van der Waals surface area contributed by atoms with Gasteiger partial charge in [0.15, 0.2) is 8.32 Å². The van der Waals surface area contributed by atoms with Crippen LogP contribution in [0.4, 0.5) is 0 Å². The molecule has 1 aliphatic carbocycles. The lowest BCUT2D eigenvalue weighted by molar-refractivity contribution is 0.176. The van der Waals surface area contributed by atoms with Gasteiger partial charge in [-0.05, 0) is 32.5 Å². The summed E-state index contributed by atoms with van der Waals surface area (Å²) in [7, 11) is -1.27. The summed E-state index contributed by atoms with van der Waals surface area (Å²) in [5.41, 5.74) is 0. The molecule has 0 bridgehead atoms. The van der Waals surface area contributed by atoms with Crippen LogP contribution in [-0.2, 0) is 4.43 Å². The van der Waals surface area contributed by atoms with Crippen molar-refractivity contribution in [3.05, 3.63) is 0 Å². The topological polar surface area (TPSA) is 9.23 Å². The Balaban J connectivity index is 2.30. The second-order valence-electron chi connectivity index (χ2n) is 4.84. The second-order valence-corrected chi connectivity index (χ2v) is 9.30. The molecule has 0 saturated heterocycles. The van der Waals surface area contributed by atoms with E-state index in [0.29, 0.717) is 6.10 Å². The monoisotopic (exact) mass is 186 g/mol. The first-order chi connectivity index (χ1) is 5.58. The quantitative estimate of drug-likeness (QED) is 0.473. The van der Waals surface area contributed by atoms with Crippen LogP contribution in [0.25, 0.3) is 0 Å². The van der Waals surface area contributed by atoms with Crippen molar-refractivity contribution in [2.24, 2.45) is 0 Å². The van der Waals surface area contributed by atoms with Gasteiger partial charge >= 0.3 is 0 Å². The standard InChI is InChI=1S/C10H22OSi/c1-12(2,3)11-10-8-6-4-5-7-9-10/h10H,4-9H2,1-3H3. The van der Waals surface area contributed by atoms with Gasteiger partial charge in [-0.1, -0.05) is 25.7 Å².